The maximum absolute atomic E-state index is 13.1. The van der Waals surface area contributed by atoms with Crippen LogP contribution in [0.2, 0.25) is 0 Å². The molecule has 6 nitrogen and oxygen atoms in total. The van der Waals surface area contributed by atoms with Crippen molar-refractivity contribution >= 4 is 11.8 Å². The summed E-state index contributed by atoms with van der Waals surface area (Å²) in [6.45, 7) is 3.21. The molecule has 0 aromatic heterocycles. The van der Waals surface area contributed by atoms with Crippen LogP contribution in [0.5, 0.6) is 11.5 Å². The molecule has 2 aromatic rings. The van der Waals surface area contributed by atoms with Gasteiger partial charge < -0.3 is 19.7 Å². The van der Waals surface area contributed by atoms with E-state index < -0.39 is 0 Å². The number of nitrogens with zero attached hydrogens (tertiary/aromatic N) is 1. The fourth-order valence-electron chi connectivity index (χ4n) is 3.85. The number of hydrogen-bond donors (Lipinski definition) is 1. The molecule has 1 aliphatic rings. The molecule has 1 fully saturated rings. The Hall–Kier alpha value is -3.02. The van der Waals surface area contributed by atoms with Crippen LogP contribution in [0.3, 0.4) is 0 Å². The molecule has 6 heteroatoms. The average Bonchev–Trinajstić information content (AvgIpc) is 3.22. The van der Waals surface area contributed by atoms with Crippen LogP contribution in [-0.2, 0) is 16.1 Å². The molecule has 0 bridgehead atoms. The molecular weight excluding hydrogens is 368 g/mol. The first-order chi connectivity index (χ1) is 14.1. The highest BCUT2D eigenvalue weighted by molar-refractivity contribution is 5.83. The third kappa shape index (κ3) is 4.70. The van der Waals surface area contributed by atoms with Gasteiger partial charge in [0.25, 0.3) is 0 Å². The van der Waals surface area contributed by atoms with Crippen LogP contribution in [0.1, 0.15) is 30.4 Å². The maximum Gasteiger partial charge on any atom is 0.225 e. The lowest BCUT2D eigenvalue weighted by molar-refractivity contribution is -0.130. The molecule has 154 valence electrons. The van der Waals surface area contributed by atoms with E-state index in [0.29, 0.717) is 37.6 Å². The molecule has 2 amide bonds. The molecule has 1 aliphatic heterocycles. The summed E-state index contributed by atoms with van der Waals surface area (Å²) >= 11 is 0. The molecule has 3 rings (SSSR count). The summed E-state index contributed by atoms with van der Waals surface area (Å²) in [5, 5.41) is 3.04. The SMILES string of the molecule is CCC(=O)N1CC(C(=O)NCc2ccccc2)C(c2ccc(OC)cc2OC)C1. The number of nitrogens with one attached hydrogen (secondary N) is 1. The second-order valence-electron chi connectivity index (χ2n) is 7.18. The smallest absolute Gasteiger partial charge is 0.225 e. The summed E-state index contributed by atoms with van der Waals surface area (Å²) in [5.74, 6) is 0.888. The predicted octanol–water partition coefficient (Wildman–Crippen LogP) is 2.97. The number of carbonyl (C=O) groups is 2. The van der Waals surface area contributed by atoms with Crippen LogP contribution in [0.25, 0.3) is 0 Å². The Morgan fingerprint density at radius 1 is 1.07 bits per heavy atom. The fourth-order valence-corrected chi connectivity index (χ4v) is 3.85. The minimum Gasteiger partial charge on any atom is -0.497 e. The molecule has 29 heavy (non-hydrogen) atoms. The molecule has 2 atom stereocenters. The highest BCUT2D eigenvalue weighted by Crippen LogP contribution is 2.39. The fraction of sp³-hybridized carbons (Fsp3) is 0.391. The number of likely N-dealkylation sites (tertiary alicyclic amines) is 1. The Balaban J connectivity index is 1.84. The summed E-state index contributed by atoms with van der Waals surface area (Å²) in [5.41, 5.74) is 1.96. The van der Waals surface area contributed by atoms with Crippen molar-refractivity contribution in [3.63, 3.8) is 0 Å². The number of benzene rings is 2. The first kappa shape index (κ1) is 20.7. The van der Waals surface area contributed by atoms with Crippen molar-refractivity contribution in [1.29, 1.82) is 0 Å². The molecule has 2 aromatic carbocycles. The Kier molecular flexibility index (Phi) is 6.75. The van der Waals surface area contributed by atoms with E-state index in [1.165, 1.54) is 0 Å². The van der Waals surface area contributed by atoms with E-state index in [1.807, 2.05) is 55.5 Å². The summed E-state index contributed by atoms with van der Waals surface area (Å²) in [6, 6.07) is 15.4. The van der Waals surface area contributed by atoms with Gasteiger partial charge in [-0.3, -0.25) is 9.59 Å². The van der Waals surface area contributed by atoms with Crippen LogP contribution >= 0.6 is 0 Å². The Labute approximate surface area is 171 Å². The van der Waals surface area contributed by atoms with E-state index in [1.54, 1.807) is 19.1 Å². The lowest BCUT2D eigenvalue weighted by atomic mass is 9.87. The van der Waals surface area contributed by atoms with Crippen LogP contribution in [0.15, 0.2) is 48.5 Å². The van der Waals surface area contributed by atoms with Gasteiger partial charge in [0.15, 0.2) is 0 Å². The standard InChI is InChI=1S/C23H28N2O4/c1-4-22(26)25-14-19(18-11-10-17(28-2)12-21(18)29-3)20(15-25)23(27)24-13-16-8-6-5-7-9-16/h5-12,19-20H,4,13-15H2,1-3H3,(H,24,27). The molecule has 0 aliphatic carbocycles. The van der Waals surface area contributed by atoms with Gasteiger partial charge in [-0.05, 0) is 11.6 Å². The number of rotatable bonds is 7. The summed E-state index contributed by atoms with van der Waals surface area (Å²) in [4.78, 5) is 27.2. The Bertz CT molecular complexity index is 853. The van der Waals surface area contributed by atoms with Crippen molar-refractivity contribution < 1.29 is 19.1 Å². The van der Waals surface area contributed by atoms with Crippen molar-refractivity contribution in [3.8, 4) is 11.5 Å². The monoisotopic (exact) mass is 396 g/mol. The predicted molar refractivity (Wildman–Crippen MR) is 111 cm³/mol. The van der Waals surface area contributed by atoms with Crippen LogP contribution in [0, 0.1) is 5.92 Å². The van der Waals surface area contributed by atoms with Crippen LogP contribution in [0.4, 0.5) is 0 Å². The van der Waals surface area contributed by atoms with Gasteiger partial charge in [-0.25, -0.2) is 0 Å². The largest absolute Gasteiger partial charge is 0.497 e. The van der Waals surface area contributed by atoms with E-state index in [2.05, 4.69) is 5.32 Å². The molecule has 0 saturated carbocycles. The number of amides is 2. The number of hydrogen-bond acceptors (Lipinski definition) is 4. The molecular formula is C23H28N2O4. The van der Waals surface area contributed by atoms with E-state index >= 15 is 0 Å². The summed E-state index contributed by atoms with van der Waals surface area (Å²) < 4.78 is 10.9. The van der Waals surface area contributed by atoms with Crippen LogP contribution < -0.4 is 14.8 Å². The zero-order valence-electron chi connectivity index (χ0n) is 17.2. The van der Waals surface area contributed by atoms with Gasteiger partial charge in [0.05, 0.1) is 20.1 Å². The molecule has 0 spiro atoms. The van der Waals surface area contributed by atoms with Crippen molar-refractivity contribution in [2.75, 3.05) is 27.3 Å². The van der Waals surface area contributed by atoms with Gasteiger partial charge in [0.1, 0.15) is 11.5 Å². The Morgan fingerprint density at radius 3 is 2.48 bits per heavy atom. The molecule has 1 heterocycles. The molecule has 1 saturated heterocycles. The second kappa shape index (κ2) is 9.45. The van der Waals surface area contributed by atoms with Crippen molar-refractivity contribution in [3.05, 3.63) is 59.7 Å². The zero-order chi connectivity index (χ0) is 20.8. The van der Waals surface area contributed by atoms with E-state index in [0.717, 1.165) is 11.1 Å². The average molecular weight is 396 g/mol. The molecule has 1 N–H and O–H groups in total. The topological polar surface area (TPSA) is 67.9 Å². The third-order valence-corrected chi connectivity index (χ3v) is 5.46. The van der Waals surface area contributed by atoms with Gasteiger partial charge in [0.2, 0.25) is 11.8 Å². The van der Waals surface area contributed by atoms with Gasteiger partial charge in [-0.15, -0.1) is 0 Å². The number of carbonyl (C=O) groups excluding carboxylic acids is 2. The zero-order valence-corrected chi connectivity index (χ0v) is 17.2. The highest BCUT2D eigenvalue weighted by atomic mass is 16.5. The first-order valence-electron chi connectivity index (χ1n) is 9.88. The minimum atomic E-state index is -0.337. The highest BCUT2D eigenvalue weighted by Gasteiger charge is 2.41. The Morgan fingerprint density at radius 2 is 1.83 bits per heavy atom. The van der Waals surface area contributed by atoms with Gasteiger partial charge in [-0.1, -0.05) is 43.3 Å². The van der Waals surface area contributed by atoms with Crippen LogP contribution in [-0.4, -0.2) is 44.0 Å². The van der Waals surface area contributed by atoms with E-state index in [4.69, 9.17) is 9.47 Å². The van der Waals surface area contributed by atoms with Crippen molar-refractivity contribution in [2.24, 2.45) is 5.92 Å². The molecule has 2 unspecified atom stereocenters. The van der Waals surface area contributed by atoms with E-state index in [9.17, 15) is 9.59 Å². The van der Waals surface area contributed by atoms with Gasteiger partial charge in [-0.2, -0.15) is 0 Å². The van der Waals surface area contributed by atoms with E-state index in [-0.39, 0.29) is 23.7 Å². The van der Waals surface area contributed by atoms with Gasteiger partial charge >= 0.3 is 0 Å². The normalized spacial score (nSPS) is 18.4. The number of ether oxygens (including phenoxy) is 2. The third-order valence-electron chi connectivity index (χ3n) is 5.46. The van der Waals surface area contributed by atoms with Gasteiger partial charge in [0, 0.05) is 43.6 Å². The second-order valence-corrected chi connectivity index (χ2v) is 7.18. The van der Waals surface area contributed by atoms with Crippen molar-refractivity contribution in [2.45, 2.75) is 25.8 Å². The van der Waals surface area contributed by atoms with Crippen molar-refractivity contribution in [1.82, 2.24) is 10.2 Å². The number of methoxy groups -OCH3 is 2. The lowest BCUT2D eigenvalue weighted by Crippen LogP contribution is -2.35. The quantitative estimate of drug-likeness (QED) is 0.781. The summed E-state index contributed by atoms with van der Waals surface area (Å²) in [6.07, 6.45) is 0.421. The summed E-state index contributed by atoms with van der Waals surface area (Å²) in [7, 11) is 3.21. The first-order valence-corrected chi connectivity index (χ1v) is 9.88. The molecule has 0 radical (unpaired) electrons. The maximum atomic E-state index is 13.1. The minimum absolute atomic E-state index is 0.0527. The lowest BCUT2D eigenvalue weighted by Gasteiger charge is -2.21.